The lowest BCUT2D eigenvalue weighted by atomic mass is 9.93. The van der Waals surface area contributed by atoms with Gasteiger partial charge >= 0.3 is 0 Å². The second kappa shape index (κ2) is 8.10. The lowest BCUT2D eigenvalue weighted by Crippen LogP contribution is -2.27. The molecule has 2 aromatic heterocycles. The quantitative estimate of drug-likeness (QED) is 0.919. The minimum absolute atomic E-state index is 0. The molecule has 0 bridgehead atoms. The van der Waals surface area contributed by atoms with Crippen molar-refractivity contribution in [3.05, 3.63) is 41.8 Å². The number of rotatable bonds is 5. The molecule has 21 heavy (non-hydrogen) atoms. The summed E-state index contributed by atoms with van der Waals surface area (Å²) in [7, 11) is 0. The van der Waals surface area contributed by atoms with E-state index in [1.54, 1.807) is 6.20 Å². The molecule has 1 saturated heterocycles. The largest absolute Gasteiger partial charge is 0.339 e. The van der Waals surface area contributed by atoms with Crippen molar-refractivity contribution in [3.63, 3.8) is 0 Å². The molecule has 1 aliphatic heterocycles. The average molecular weight is 309 g/mol. The molecule has 1 aliphatic rings. The zero-order valence-electron chi connectivity index (χ0n) is 12.0. The van der Waals surface area contributed by atoms with Crippen LogP contribution in [0, 0.1) is 5.92 Å². The van der Waals surface area contributed by atoms with Crippen LogP contribution >= 0.6 is 12.4 Å². The molecule has 0 aliphatic carbocycles. The molecular formula is C15H21ClN4O. The lowest BCUT2D eigenvalue weighted by Gasteiger charge is -2.21. The molecule has 6 heteroatoms. The molecule has 0 radical (unpaired) electrons. The molecule has 0 saturated carbocycles. The minimum Gasteiger partial charge on any atom is -0.339 e. The van der Waals surface area contributed by atoms with Crippen LogP contribution < -0.4 is 5.32 Å². The molecule has 1 fully saturated rings. The lowest BCUT2D eigenvalue weighted by molar-refractivity contribution is 0.323. The van der Waals surface area contributed by atoms with Gasteiger partial charge in [-0.15, -0.1) is 12.4 Å². The highest BCUT2D eigenvalue weighted by atomic mass is 35.5. The van der Waals surface area contributed by atoms with Crippen molar-refractivity contribution in [3.8, 4) is 0 Å². The second-order valence-corrected chi connectivity index (χ2v) is 5.37. The van der Waals surface area contributed by atoms with Crippen molar-refractivity contribution in [2.24, 2.45) is 5.92 Å². The van der Waals surface area contributed by atoms with Gasteiger partial charge < -0.3 is 9.84 Å². The van der Waals surface area contributed by atoms with Crippen LogP contribution in [-0.4, -0.2) is 28.2 Å². The summed E-state index contributed by atoms with van der Waals surface area (Å²) in [4.78, 5) is 8.56. The minimum atomic E-state index is 0. The number of halogens is 1. The topological polar surface area (TPSA) is 63.8 Å². The maximum Gasteiger partial charge on any atom is 0.226 e. The summed E-state index contributed by atoms with van der Waals surface area (Å²) in [5.41, 5.74) is 1.11. The number of nitrogens with one attached hydrogen (secondary N) is 1. The van der Waals surface area contributed by atoms with Gasteiger partial charge in [0.1, 0.15) is 0 Å². The Labute approximate surface area is 131 Å². The molecule has 0 atom stereocenters. The maximum absolute atomic E-state index is 5.33. The fourth-order valence-corrected chi connectivity index (χ4v) is 2.65. The standard InChI is InChI=1S/C15H20N4O.ClH/c1-2-13(11-17-7-1)10-14-18-15(20-19-14)4-3-12-5-8-16-9-6-12;/h1-2,7,11-12,16H,3-6,8-10H2;1H. The van der Waals surface area contributed by atoms with Crippen LogP contribution in [0.1, 0.15) is 36.5 Å². The molecule has 5 nitrogen and oxygen atoms in total. The average Bonchev–Trinajstić information content (AvgIpc) is 2.95. The Morgan fingerprint density at radius 2 is 2.14 bits per heavy atom. The van der Waals surface area contributed by atoms with E-state index in [2.05, 4.69) is 20.4 Å². The van der Waals surface area contributed by atoms with Crippen molar-refractivity contribution in [2.75, 3.05) is 13.1 Å². The van der Waals surface area contributed by atoms with Gasteiger partial charge in [-0.3, -0.25) is 4.98 Å². The van der Waals surface area contributed by atoms with E-state index in [-0.39, 0.29) is 12.4 Å². The maximum atomic E-state index is 5.33. The zero-order chi connectivity index (χ0) is 13.6. The summed E-state index contributed by atoms with van der Waals surface area (Å²) in [6.45, 7) is 2.28. The molecule has 1 N–H and O–H groups in total. The number of piperidine rings is 1. The van der Waals surface area contributed by atoms with Crippen LogP contribution in [-0.2, 0) is 12.8 Å². The number of aromatic nitrogens is 3. The highest BCUT2D eigenvalue weighted by Gasteiger charge is 2.15. The van der Waals surface area contributed by atoms with Gasteiger partial charge in [0.25, 0.3) is 0 Å². The Hall–Kier alpha value is -1.46. The molecule has 0 spiro atoms. The fourth-order valence-electron chi connectivity index (χ4n) is 2.65. The van der Waals surface area contributed by atoms with Gasteiger partial charge in [0, 0.05) is 25.2 Å². The van der Waals surface area contributed by atoms with E-state index in [1.165, 1.54) is 12.8 Å². The van der Waals surface area contributed by atoms with Crippen molar-refractivity contribution in [1.29, 1.82) is 0 Å². The SMILES string of the molecule is Cl.c1cncc(Cc2noc(CCC3CCNCC3)n2)c1. The first-order valence-corrected chi connectivity index (χ1v) is 7.31. The van der Waals surface area contributed by atoms with Crippen molar-refractivity contribution < 1.29 is 4.52 Å². The molecule has 3 rings (SSSR count). The van der Waals surface area contributed by atoms with E-state index in [1.807, 2.05) is 18.3 Å². The van der Waals surface area contributed by atoms with E-state index in [9.17, 15) is 0 Å². The van der Waals surface area contributed by atoms with Gasteiger partial charge in [-0.25, -0.2) is 0 Å². The summed E-state index contributed by atoms with van der Waals surface area (Å²) in [5, 5.41) is 7.44. The fraction of sp³-hybridized carbons (Fsp3) is 0.533. The number of nitrogens with zero attached hydrogens (tertiary/aromatic N) is 3. The number of pyridine rings is 1. The molecule has 0 unspecified atom stereocenters. The molecule has 2 aromatic rings. The Kier molecular flexibility index (Phi) is 6.14. The van der Waals surface area contributed by atoms with Gasteiger partial charge in [0.05, 0.1) is 0 Å². The van der Waals surface area contributed by atoms with Crippen LogP contribution in [0.2, 0.25) is 0 Å². The Balaban J connectivity index is 0.00000161. The van der Waals surface area contributed by atoms with Gasteiger partial charge in [-0.05, 0) is 49.9 Å². The summed E-state index contributed by atoms with van der Waals surface area (Å²) in [6, 6.07) is 3.95. The number of aryl methyl sites for hydroxylation is 1. The Bertz CT molecular complexity index is 525. The highest BCUT2D eigenvalue weighted by Crippen LogP contribution is 2.18. The van der Waals surface area contributed by atoms with E-state index in [0.717, 1.165) is 49.1 Å². The van der Waals surface area contributed by atoms with Crippen LogP contribution in [0.25, 0.3) is 0 Å². The first kappa shape index (κ1) is 15.9. The van der Waals surface area contributed by atoms with Gasteiger partial charge in [0.15, 0.2) is 5.82 Å². The van der Waals surface area contributed by atoms with Crippen molar-refractivity contribution in [2.45, 2.75) is 32.1 Å². The van der Waals surface area contributed by atoms with Gasteiger partial charge in [-0.1, -0.05) is 11.2 Å². The Morgan fingerprint density at radius 1 is 1.29 bits per heavy atom. The summed E-state index contributed by atoms with van der Waals surface area (Å²) >= 11 is 0. The first-order chi connectivity index (χ1) is 9.90. The highest BCUT2D eigenvalue weighted by molar-refractivity contribution is 5.85. The summed E-state index contributed by atoms with van der Waals surface area (Å²) in [5.74, 6) is 2.31. The summed E-state index contributed by atoms with van der Waals surface area (Å²) < 4.78 is 5.33. The summed E-state index contributed by atoms with van der Waals surface area (Å²) in [6.07, 6.45) is 8.86. The van der Waals surface area contributed by atoms with E-state index in [4.69, 9.17) is 4.52 Å². The first-order valence-electron chi connectivity index (χ1n) is 7.31. The van der Waals surface area contributed by atoms with E-state index < -0.39 is 0 Å². The van der Waals surface area contributed by atoms with Crippen LogP contribution in [0.5, 0.6) is 0 Å². The van der Waals surface area contributed by atoms with Gasteiger partial charge in [-0.2, -0.15) is 4.98 Å². The Morgan fingerprint density at radius 3 is 2.90 bits per heavy atom. The van der Waals surface area contributed by atoms with Gasteiger partial charge in [0.2, 0.25) is 5.89 Å². The monoisotopic (exact) mass is 308 g/mol. The van der Waals surface area contributed by atoms with Crippen LogP contribution in [0.15, 0.2) is 29.0 Å². The molecule has 0 aromatic carbocycles. The third kappa shape index (κ3) is 4.79. The predicted molar refractivity (Wildman–Crippen MR) is 82.5 cm³/mol. The molecular weight excluding hydrogens is 288 g/mol. The normalized spacial score (nSPS) is 15.6. The van der Waals surface area contributed by atoms with Crippen LogP contribution in [0.3, 0.4) is 0 Å². The third-order valence-corrected chi connectivity index (χ3v) is 3.82. The second-order valence-electron chi connectivity index (χ2n) is 5.37. The van der Waals surface area contributed by atoms with Crippen molar-refractivity contribution in [1.82, 2.24) is 20.4 Å². The third-order valence-electron chi connectivity index (χ3n) is 3.82. The number of hydrogen-bond acceptors (Lipinski definition) is 5. The van der Waals surface area contributed by atoms with Crippen molar-refractivity contribution >= 4 is 12.4 Å². The molecule has 0 amide bonds. The molecule has 114 valence electrons. The zero-order valence-corrected chi connectivity index (χ0v) is 12.8. The molecule has 3 heterocycles. The number of hydrogen-bond donors (Lipinski definition) is 1. The smallest absolute Gasteiger partial charge is 0.226 e. The van der Waals surface area contributed by atoms with E-state index in [0.29, 0.717) is 6.42 Å². The van der Waals surface area contributed by atoms with Crippen LogP contribution in [0.4, 0.5) is 0 Å². The predicted octanol–water partition coefficient (Wildman–Crippen LogP) is 2.41. The van der Waals surface area contributed by atoms with E-state index >= 15 is 0 Å².